The molecule has 0 unspecified atom stereocenters. The van der Waals surface area contributed by atoms with Crippen molar-refractivity contribution in [1.29, 1.82) is 0 Å². The first-order valence-corrected chi connectivity index (χ1v) is 12.5. The number of benzene rings is 4. The first-order chi connectivity index (χ1) is 18.6. The highest BCUT2D eigenvalue weighted by molar-refractivity contribution is 6.21. The van der Waals surface area contributed by atoms with Crippen LogP contribution in [0.5, 0.6) is 5.75 Å². The molecule has 39 heavy (non-hydrogen) atoms. The van der Waals surface area contributed by atoms with Crippen molar-refractivity contribution >= 4 is 52.1 Å². The Balaban J connectivity index is 0.00000308. The SMILES string of the molecule is COc1cccc(CCn2ccnc2-c2ccc(N3C(=O)CC(=O)Nc4c3ccc3ccccc43)cc2)c1.Cl. The number of carbonyl (C=O) groups excluding carboxylic acids is 2. The molecule has 1 aliphatic rings. The number of carbonyl (C=O) groups is 2. The van der Waals surface area contributed by atoms with Gasteiger partial charge in [-0.1, -0.05) is 42.5 Å². The Bertz CT molecular complexity index is 1660. The van der Waals surface area contributed by atoms with Gasteiger partial charge in [0.05, 0.1) is 18.5 Å². The Morgan fingerprint density at radius 1 is 0.949 bits per heavy atom. The highest BCUT2D eigenvalue weighted by Crippen LogP contribution is 2.40. The minimum atomic E-state index is -0.315. The maximum Gasteiger partial charge on any atom is 0.241 e. The number of aryl methyl sites for hydroxylation is 2. The molecule has 0 fully saturated rings. The zero-order chi connectivity index (χ0) is 26.1. The number of hydrogen-bond donors (Lipinski definition) is 1. The molecule has 2 amide bonds. The maximum atomic E-state index is 13.2. The van der Waals surface area contributed by atoms with Gasteiger partial charge in [-0.15, -0.1) is 12.4 Å². The number of halogens is 1. The number of rotatable bonds is 6. The minimum Gasteiger partial charge on any atom is -0.497 e. The van der Waals surface area contributed by atoms with E-state index < -0.39 is 0 Å². The van der Waals surface area contributed by atoms with E-state index >= 15 is 0 Å². The highest BCUT2D eigenvalue weighted by Gasteiger charge is 2.28. The quantitative estimate of drug-likeness (QED) is 0.254. The van der Waals surface area contributed by atoms with E-state index in [1.54, 1.807) is 18.2 Å². The molecule has 0 atom stereocenters. The number of ether oxygens (including phenoxy) is 1. The molecule has 0 spiro atoms. The number of amides is 2. The molecule has 0 saturated heterocycles. The lowest BCUT2D eigenvalue weighted by molar-refractivity contribution is -0.124. The fraction of sp³-hybridized carbons (Fsp3) is 0.129. The van der Waals surface area contributed by atoms with Crippen molar-refractivity contribution in [2.24, 2.45) is 0 Å². The summed E-state index contributed by atoms with van der Waals surface area (Å²) < 4.78 is 7.46. The van der Waals surface area contributed by atoms with Crippen LogP contribution >= 0.6 is 12.4 Å². The second-order valence-corrected chi connectivity index (χ2v) is 9.23. The molecule has 0 radical (unpaired) electrons. The number of fused-ring (bicyclic) bond motifs is 3. The summed E-state index contributed by atoms with van der Waals surface area (Å²) in [5.74, 6) is 1.11. The number of anilines is 3. The summed E-state index contributed by atoms with van der Waals surface area (Å²) in [4.78, 5) is 32.0. The number of methoxy groups -OCH3 is 1. The van der Waals surface area contributed by atoms with E-state index in [4.69, 9.17) is 4.74 Å². The lowest BCUT2D eigenvalue weighted by atomic mass is 10.1. The van der Waals surface area contributed by atoms with Crippen LogP contribution < -0.4 is 15.0 Å². The Morgan fingerprint density at radius 3 is 2.59 bits per heavy atom. The minimum absolute atomic E-state index is 0. The van der Waals surface area contributed by atoms with Crippen molar-refractivity contribution in [1.82, 2.24) is 9.55 Å². The van der Waals surface area contributed by atoms with Crippen molar-refractivity contribution < 1.29 is 14.3 Å². The normalized spacial score (nSPS) is 12.9. The van der Waals surface area contributed by atoms with Crippen LogP contribution in [-0.4, -0.2) is 28.5 Å². The van der Waals surface area contributed by atoms with Gasteiger partial charge in [0, 0.05) is 35.6 Å². The summed E-state index contributed by atoms with van der Waals surface area (Å²) in [7, 11) is 1.67. The van der Waals surface area contributed by atoms with Gasteiger partial charge in [0.15, 0.2) is 0 Å². The lowest BCUT2D eigenvalue weighted by Gasteiger charge is -2.23. The third kappa shape index (κ3) is 5.09. The number of nitrogens with zero attached hydrogens (tertiary/aromatic N) is 3. The van der Waals surface area contributed by atoms with Gasteiger partial charge in [-0.2, -0.15) is 0 Å². The zero-order valence-electron chi connectivity index (χ0n) is 21.3. The second-order valence-electron chi connectivity index (χ2n) is 9.23. The molecule has 0 saturated carbocycles. The molecule has 2 heterocycles. The summed E-state index contributed by atoms with van der Waals surface area (Å²) in [6.45, 7) is 0.767. The van der Waals surface area contributed by atoms with Gasteiger partial charge < -0.3 is 14.6 Å². The lowest BCUT2D eigenvalue weighted by Crippen LogP contribution is -2.26. The Morgan fingerprint density at radius 2 is 1.77 bits per heavy atom. The fourth-order valence-electron chi connectivity index (χ4n) is 4.98. The van der Waals surface area contributed by atoms with Crippen molar-refractivity contribution in [3.63, 3.8) is 0 Å². The molecular weight excluding hydrogens is 512 g/mol. The average Bonchev–Trinajstić information content (AvgIpc) is 3.37. The molecule has 5 aromatic rings. The van der Waals surface area contributed by atoms with E-state index in [0.29, 0.717) is 17.1 Å². The van der Waals surface area contributed by atoms with Crippen LogP contribution in [-0.2, 0) is 22.6 Å². The zero-order valence-corrected chi connectivity index (χ0v) is 22.2. The summed E-state index contributed by atoms with van der Waals surface area (Å²) in [6.07, 6.45) is 4.39. The largest absolute Gasteiger partial charge is 0.497 e. The molecule has 0 bridgehead atoms. The third-order valence-electron chi connectivity index (χ3n) is 6.85. The van der Waals surface area contributed by atoms with Crippen LogP contribution in [0.1, 0.15) is 12.0 Å². The van der Waals surface area contributed by atoms with Gasteiger partial charge in [-0.3, -0.25) is 14.5 Å². The predicted molar refractivity (Wildman–Crippen MR) is 156 cm³/mol. The third-order valence-corrected chi connectivity index (χ3v) is 6.85. The number of nitrogens with one attached hydrogen (secondary N) is 1. The second kappa shape index (κ2) is 11.0. The molecule has 0 aliphatic carbocycles. The molecule has 1 aromatic heterocycles. The van der Waals surface area contributed by atoms with Crippen molar-refractivity contribution in [2.45, 2.75) is 19.4 Å². The van der Waals surface area contributed by atoms with Gasteiger partial charge in [-0.25, -0.2) is 4.98 Å². The molecular formula is C31H27ClN4O3. The highest BCUT2D eigenvalue weighted by atomic mass is 35.5. The van der Waals surface area contributed by atoms with E-state index in [1.165, 1.54) is 5.56 Å². The molecule has 196 valence electrons. The smallest absolute Gasteiger partial charge is 0.241 e. The first kappa shape index (κ1) is 26.0. The molecule has 6 rings (SSSR count). The monoisotopic (exact) mass is 538 g/mol. The van der Waals surface area contributed by atoms with E-state index in [-0.39, 0.29) is 30.6 Å². The van der Waals surface area contributed by atoms with E-state index in [9.17, 15) is 9.59 Å². The summed E-state index contributed by atoms with van der Waals surface area (Å²) >= 11 is 0. The van der Waals surface area contributed by atoms with Crippen molar-refractivity contribution in [3.8, 4) is 17.1 Å². The molecule has 1 N–H and O–H groups in total. The van der Waals surface area contributed by atoms with Crippen molar-refractivity contribution in [2.75, 3.05) is 17.3 Å². The van der Waals surface area contributed by atoms with Crippen LogP contribution in [0.2, 0.25) is 0 Å². The number of aromatic nitrogens is 2. The number of hydrogen-bond acceptors (Lipinski definition) is 4. The molecule has 8 heteroatoms. The summed E-state index contributed by atoms with van der Waals surface area (Å²) in [5, 5.41) is 4.84. The van der Waals surface area contributed by atoms with Crippen LogP contribution in [0.3, 0.4) is 0 Å². The van der Waals surface area contributed by atoms with Gasteiger partial charge in [0.25, 0.3) is 0 Å². The Hall–Kier alpha value is -4.62. The first-order valence-electron chi connectivity index (χ1n) is 12.5. The standard InChI is InChI=1S/C31H26N4O3.ClH/c1-38-25-7-4-5-21(19-25)15-17-34-18-16-32-31(34)23-9-12-24(13-10-23)35-27-14-11-22-6-2-3-8-26(22)30(27)33-28(36)20-29(35)37;/h2-14,16,18-19H,15,17,20H2,1H3,(H,33,36);1H. The Kier molecular flexibility index (Phi) is 7.34. The molecule has 1 aliphatic heterocycles. The Labute approximate surface area is 232 Å². The van der Waals surface area contributed by atoms with Crippen molar-refractivity contribution in [3.05, 3.63) is 103 Å². The maximum absolute atomic E-state index is 13.2. The average molecular weight is 539 g/mol. The fourth-order valence-corrected chi connectivity index (χ4v) is 4.98. The van der Waals surface area contributed by atoms with Gasteiger partial charge >= 0.3 is 0 Å². The van der Waals surface area contributed by atoms with Gasteiger partial charge in [0.1, 0.15) is 18.0 Å². The van der Waals surface area contributed by atoms with Crippen LogP contribution in [0.15, 0.2) is 97.3 Å². The van der Waals surface area contributed by atoms with E-state index in [1.807, 2.05) is 85.1 Å². The van der Waals surface area contributed by atoms with Crippen LogP contribution in [0.4, 0.5) is 17.1 Å². The van der Waals surface area contributed by atoms with E-state index in [0.717, 1.165) is 40.9 Å². The van der Waals surface area contributed by atoms with Crippen LogP contribution in [0, 0.1) is 0 Å². The molecule has 4 aromatic carbocycles. The summed E-state index contributed by atoms with van der Waals surface area (Å²) in [6, 6.07) is 27.5. The van der Waals surface area contributed by atoms with E-state index in [2.05, 4.69) is 20.9 Å². The van der Waals surface area contributed by atoms with Crippen LogP contribution in [0.25, 0.3) is 22.2 Å². The van der Waals surface area contributed by atoms with Gasteiger partial charge in [0.2, 0.25) is 11.8 Å². The van der Waals surface area contributed by atoms with Gasteiger partial charge in [-0.05, 0) is 59.8 Å². The summed E-state index contributed by atoms with van der Waals surface area (Å²) in [5.41, 5.74) is 4.14. The predicted octanol–water partition coefficient (Wildman–Crippen LogP) is 6.38. The molecule has 7 nitrogen and oxygen atoms in total. The number of imidazole rings is 1. The topological polar surface area (TPSA) is 76.5 Å².